The molecule has 0 unspecified atom stereocenters. The monoisotopic (exact) mass is 334 g/mol. The highest BCUT2D eigenvalue weighted by molar-refractivity contribution is 5.78. The summed E-state index contributed by atoms with van der Waals surface area (Å²) < 4.78 is 38.0. The van der Waals surface area contributed by atoms with Crippen molar-refractivity contribution in [2.45, 2.75) is 25.1 Å². The lowest BCUT2D eigenvalue weighted by molar-refractivity contribution is -0.139. The first-order chi connectivity index (χ1) is 10.8. The molecule has 2 atom stereocenters. The van der Waals surface area contributed by atoms with Gasteiger partial charge in [0.15, 0.2) is 0 Å². The first kappa shape index (κ1) is 17.7. The van der Waals surface area contributed by atoms with E-state index >= 15 is 0 Å². The summed E-state index contributed by atoms with van der Waals surface area (Å²) in [4.78, 5) is 17.5. The van der Waals surface area contributed by atoms with Gasteiger partial charge in [-0.05, 0) is 19.4 Å². The van der Waals surface area contributed by atoms with Crippen LogP contribution < -0.4 is 5.32 Å². The van der Waals surface area contributed by atoms with Gasteiger partial charge >= 0.3 is 6.18 Å². The lowest BCUT2D eigenvalue weighted by Crippen LogP contribution is -2.45. The van der Waals surface area contributed by atoms with E-state index in [1.165, 1.54) is 0 Å². The molecule has 130 valence electrons. The van der Waals surface area contributed by atoms with Crippen LogP contribution in [0.25, 0.3) is 0 Å². The van der Waals surface area contributed by atoms with Gasteiger partial charge in [0.1, 0.15) is 18.5 Å². The van der Waals surface area contributed by atoms with Crippen LogP contribution in [0, 0.1) is 5.92 Å². The van der Waals surface area contributed by atoms with Gasteiger partial charge in [-0.15, -0.1) is 0 Å². The highest BCUT2D eigenvalue weighted by atomic mass is 19.4. The summed E-state index contributed by atoms with van der Waals surface area (Å²) in [6, 6.07) is 0. The maximum absolute atomic E-state index is 12.1. The molecule has 1 aromatic rings. The second-order valence-corrected chi connectivity index (χ2v) is 5.87. The number of hydrogen-bond acceptors (Lipinski definition) is 4. The summed E-state index contributed by atoms with van der Waals surface area (Å²) in [6.45, 7) is -0.338. The number of rotatable bonds is 5. The number of imidazole rings is 1. The summed E-state index contributed by atoms with van der Waals surface area (Å²) in [6.07, 6.45) is -0.258. The summed E-state index contributed by atoms with van der Waals surface area (Å²) in [5, 5.41) is 12.3. The van der Waals surface area contributed by atoms with E-state index in [1.54, 1.807) is 28.9 Å². The summed E-state index contributed by atoms with van der Waals surface area (Å²) in [5.41, 5.74) is 0. The third-order valence-electron chi connectivity index (χ3n) is 3.96. The van der Waals surface area contributed by atoms with Crippen molar-refractivity contribution in [1.82, 2.24) is 19.8 Å². The zero-order valence-electron chi connectivity index (χ0n) is 12.9. The molecule has 2 rings (SSSR count). The Bertz CT molecular complexity index is 532. The third-order valence-corrected chi connectivity index (χ3v) is 3.96. The van der Waals surface area contributed by atoms with Crippen molar-refractivity contribution in [2.75, 3.05) is 26.2 Å². The average molecular weight is 334 g/mol. The fourth-order valence-electron chi connectivity index (χ4n) is 2.82. The maximum Gasteiger partial charge on any atom is 0.405 e. The maximum atomic E-state index is 12.1. The largest absolute Gasteiger partial charge is 0.405 e. The van der Waals surface area contributed by atoms with Crippen LogP contribution in [0.15, 0.2) is 12.4 Å². The molecule has 2 heterocycles. The van der Waals surface area contributed by atoms with Crippen molar-refractivity contribution in [3.8, 4) is 0 Å². The predicted molar refractivity (Wildman–Crippen MR) is 76.4 cm³/mol. The Morgan fingerprint density at radius 1 is 1.57 bits per heavy atom. The third kappa shape index (κ3) is 5.21. The fraction of sp³-hybridized carbons (Fsp3) is 0.714. The minimum atomic E-state index is -4.41. The number of hydrogen-bond donors (Lipinski definition) is 2. The second kappa shape index (κ2) is 7.31. The molecular formula is C14H21F3N4O2. The number of carbonyl (C=O) groups excluding carboxylic acids is 1. The standard InChI is InChI=1S/C14H21F3N4O2/c1-20-6-4-18-13(20)12(23)10-3-2-5-21(7-10)8-11(22)19-9-14(15,16)17/h4,6,10,12,23H,2-3,5,7-9H2,1H3,(H,19,22)/t10-,12-/m0/s1. The van der Waals surface area contributed by atoms with E-state index in [-0.39, 0.29) is 12.5 Å². The number of alkyl halides is 3. The van der Waals surface area contributed by atoms with Crippen LogP contribution in [0.3, 0.4) is 0 Å². The number of aromatic nitrogens is 2. The zero-order chi connectivity index (χ0) is 17.0. The molecule has 1 saturated heterocycles. The molecule has 23 heavy (non-hydrogen) atoms. The van der Waals surface area contributed by atoms with Crippen LogP contribution >= 0.6 is 0 Å². The lowest BCUT2D eigenvalue weighted by atomic mass is 9.92. The molecule has 0 spiro atoms. The van der Waals surface area contributed by atoms with Crippen LogP contribution in [0.5, 0.6) is 0 Å². The predicted octanol–water partition coefficient (Wildman–Crippen LogP) is 0.844. The Morgan fingerprint density at radius 2 is 2.30 bits per heavy atom. The molecule has 1 fully saturated rings. The summed E-state index contributed by atoms with van der Waals surface area (Å²) >= 11 is 0. The van der Waals surface area contributed by atoms with E-state index in [1.807, 2.05) is 5.32 Å². The van der Waals surface area contributed by atoms with E-state index in [0.717, 1.165) is 12.8 Å². The van der Waals surface area contributed by atoms with Crippen LogP contribution in [0.2, 0.25) is 0 Å². The molecule has 0 aliphatic carbocycles. The number of halogens is 3. The number of aliphatic hydroxyl groups is 1. The van der Waals surface area contributed by atoms with Crippen molar-refractivity contribution in [3.63, 3.8) is 0 Å². The number of likely N-dealkylation sites (tertiary alicyclic amines) is 1. The Morgan fingerprint density at radius 3 is 2.91 bits per heavy atom. The van der Waals surface area contributed by atoms with Gasteiger partial charge in [-0.2, -0.15) is 13.2 Å². The Hall–Kier alpha value is -1.61. The molecule has 1 aliphatic heterocycles. The first-order valence-electron chi connectivity index (χ1n) is 7.47. The number of piperidine rings is 1. The fourth-order valence-corrected chi connectivity index (χ4v) is 2.82. The molecule has 9 heteroatoms. The Balaban J connectivity index is 1.86. The molecule has 6 nitrogen and oxygen atoms in total. The number of nitrogens with one attached hydrogen (secondary N) is 1. The van der Waals surface area contributed by atoms with Gasteiger partial charge in [-0.1, -0.05) is 0 Å². The van der Waals surface area contributed by atoms with Gasteiger partial charge in [0.2, 0.25) is 5.91 Å². The molecule has 2 N–H and O–H groups in total. The second-order valence-electron chi connectivity index (χ2n) is 5.87. The van der Waals surface area contributed by atoms with Crippen molar-refractivity contribution in [3.05, 3.63) is 18.2 Å². The SMILES string of the molecule is Cn1ccnc1[C@@H](O)[C@H]1CCCN(CC(=O)NCC(F)(F)F)C1. The number of aliphatic hydroxyl groups excluding tert-OH is 1. The number of nitrogens with zero attached hydrogens (tertiary/aromatic N) is 3. The van der Waals surface area contributed by atoms with Gasteiger partial charge in [0, 0.05) is 31.9 Å². The molecular weight excluding hydrogens is 313 g/mol. The van der Waals surface area contributed by atoms with Crippen LogP contribution in [0.1, 0.15) is 24.8 Å². The van der Waals surface area contributed by atoms with Crippen LogP contribution in [0.4, 0.5) is 13.2 Å². The van der Waals surface area contributed by atoms with Crippen LogP contribution in [-0.4, -0.2) is 57.8 Å². The number of amides is 1. The van der Waals surface area contributed by atoms with E-state index in [2.05, 4.69) is 4.98 Å². The molecule has 1 aliphatic rings. The highest BCUT2D eigenvalue weighted by Gasteiger charge is 2.31. The quantitative estimate of drug-likeness (QED) is 0.837. The minimum absolute atomic E-state index is 0.0970. The molecule has 0 radical (unpaired) electrons. The van der Waals surface area contributed by atoms with Crippen molar-refractivity contribution >= 4 is 5.91 Å². The first-order valence-corrected chi connectivity index (χ1v) is 7.47. The van der Waals surface area contributed by atoms with Gasteiger partial charge < -0.3 is 15.0 Å². The van der Waals surface area contributed by atoms with E-state index < -0.39 is 24.7 Å². The normalized spacial score (nSPS) is 21.2. The van der Waals surface area contributed by atoms with E-state index in [0.29, 0.717) is 18.9 Å². The van der Waals surface area contributed by atoms with E-state index in [4.69, 9.17) is 0 Å². The average Bonchev–Trinajstić information content (AvgIpc) is 2.90. The number of aryl methyl sites for hydroxylation is 1. The van der Waals surface area contributed by atoms with Gasteiger partial charge in [0.05, 0.1) is 6.54 Å². The molecule has 1 amide bonds. The molecule has 1 aromatic heterocycles. The van der Waals surface area contributed by atoms with Crippen molar-refractivity contribution < 1.29 is 23.1 Å². The lowest BCUT2D eigenvalue weighted by Gasteiger charge is -2.34. The molecule has 0 saturated carbocycles. The van der Waals surface area contributed by atoms with Crippen molar-refractivity contribution in [2.24, 2.45) is 13.0 Å². The Labute approximate surface area is 132 Å². The van der Waals surface area contributed by atoms with E-state index in [9.17, 15) is 23.1 Å². The zero-order valence-corrected chi connectivity index (χ0v) is 12.9. The number of carbonyl (C=O) groups is 1. The molecule has 0 bridgehead atoms. The van der Waals surface area contributed by atoms with Crippen LogP contribution in [-0.2, 0) is 11.8 Å². The van der Waals surface area contributed by atoms with Gasteiger partial charge in [-0.3, -0.25) is 9.69 Å². The van der Waals surface area contributed by atoms with Gasteiger partial charge in [-0.25, -0.2) is 4.98 Å². The minimum Gasteiger partial charge on any atom is -0.385 e. The van der Waals surface area contributed by atoms with Gasteiger partial charge in [0.25, 0.3) is 0 Å². The topological polar surface area (TPSA) is 70.4 Å². The summed E-state index contributed by atoms with van der Waals surface area (Å²) in [5.74, 6) is -0.201. The summed E-state index contributed by atoms with van der Waals surface area (Å²) in [7, 11) is 1.79. The Kier molecular flexibility index (Phi) is 5.64. The highest BCUT2D eigenvalue weighted by Crippen LogP contribution is 2.28. The molecule has 0 aromatic carbocycles. The van der Waals surface area contributed by atoms with Crippen molar-refractivity contribution in [1.29, 1.82) is 0 Å². The smallest absolute Gasteiger partial charge is 0.385 e.